The fourth-order valence-electron chi connectivity index (χ4n) is 3.45. The fraction of sp³-hybridized carbons (Fsp3) is 0.185. The lowest BCUT2D eigenvalue weighted by atomic mass is 10.2. The molecule has 1 N–H and O–H groups in total. The van der Waals surface area contributed by atoms with Crippen LogP contribution in [0.15, 0.2) is 87.8 Å². The predicted molar refractivity (Wildman–Crippen MR) is 141 cm³/mol. The van der Waals surface area contributed by atoms with Crippen LogP contribution in [0.25, 0.3) is 16.6 Å². The lowest BCUT2D eigenvalue weighted by Crippen LogP contribution is -2.24. The van der Waals surface area contributed by atoms with E-state index in [0.717, 1.165) is 29.0 Å². The maximum absolute atomic E-state index is 13.3. The van der Waals surface area contributed by atoms with Gasteiger partial charge in [0.05, 0.1) is 35.2 Å². The van der Waals surface area contributed by atoms with E-state index in [2.05, 4.69) is 22.4 Å². The molecule has 0 radical (unpaired) electrons. The Hall–Kier alpha value is -3.91. The van der Waals surface area contributed by atoms with E-state index < -0.39 is 0 Å². The Labute approximate surface area is 207 Å². The van der Waals surface area contributed by atoms with Gasteiger partial charge in [-0.1, -0.05) is 49.0 Å². The Morgan fingerprint density at radius 2 is 1.83 bits per heavy atom. The smallest absolute Gasteiger partial charge is 0.266 e. The molecule has 0 aliphatic heterocycles. The average Bonchev–Trinajstić information content (AvgIpc) is 2.88. The van der Waals surface area contributed by atoms with Crippen LogP contribution >= 0.6 is 11.8 Å². The Morgan fingerprint density at radius 1 is 1.09 bits per heavy atom. The van der Waals surface area contributed by atoms with Crippen LogP contribution in [0.4, 0.5) is 0 Å². The minimum absolute atomic E-state index is 0.0534. The predicted octanol–water partition coefficient (Wildman–Crippen LogP) is 4.73. The molecule has 0 unspecified atom stereocenters. The van der Waals surface area contributed by atoms with Crippen molar-refractivity contribution in [3.8, 4) is 11.4 Å². The lowest BCUT2D eigenvalue weighted by molar-refractivity contribution is -0.118. The third-order valence-corrected chi connectivity index (χ3v) is 6.13. The molecule has 8 heteroatoms. The number of aryl methyl sites for hydroxylation is 1. The Morgan fingerprint density at radius 3 is 2.60 bits per heavy atom. The van der Waals surface area contributed by atoms with Gasteiger partial charge in [0.25, 0.3) is 11.5 Å². The molecule has 0 saturated carbocycles. The number of hydrazone groups is 1. The highest BCUT2D eigenvalue weighted by Gasteiger charge is 2.15. The molecular weight excluding hydrogens is 460 g/mol. The number of benzene rings is 3. The quantitative estimate of drug-likeness (QED) is 0.160. The van der Waals surface area contributed by atoms with Crippen LogP contribution in [0.5, 0.6) is 5.75 Å². The summed E-state index contributed by atoms with van der Waals surface area (Å²) >= 11 is 1.19. The monoisotopic (exact) mass is 486 g/mol. The van der Waals surface area contributed by atoms with Gasteiger partial charge in [0.1, 0.15) is 5.75 Å². The number of amides is 1. The molecule has 0 bridgehead atoms. The van der Waals surface area contributed by atoms with Crippen LogP contribution in [-0.2, 0) is 4.79 Å². The molecule has 178 valence electrons. The van der Waals surface area contributed by atoms with Crippen molar-refractivity contribution in [1.29, 1.82) is 0 Å². The second kappa shape index (κ2) is 11.5. The first kappa shape index (κ1) is 24.2. The number of hydrogen-bond donors (Lipinski definition) is 1. The number of thioether (sulfide) groups is 1. The molecule has 7 nitrogen and oxygen atoms in total. The summed E-state index contributed by atoms with van der Waals surface area (Å²) in [4.78, 5) is 30.5. The van der Waals surface area contributed by atoms with Gasteiger partial charge < -0.3 is 4.74 Å². The summed E-state index contributed by atoms with van der Waals surface area (Å²) in [5.74, 6) is 0.553. The van der Waals surface area contributed by atoms with E-state index in [1.165, 1.54) is 11.8 Å². The fourth-order valence-corrected chi connectivity index (χ4v) is 4.25. The molecule has 35 heavy (non-hydrogen) atoms. The second-order valence-corrected chi connectivity index (χ2v) is 8.78. The van der Waals surface area contributed by atoms with Gasteiger partial charge in [0.15, 0.2) is 5.16 Å². The maximum atomic E-state index is 13.3. The molecule has 3 aromatic carbocycles. The molecule has 0 aliphatic rings. The largest absolute Gasteiger partial charge is 0.494 e. The second-order valence-electron chi connectivity index (χ2n) is 7.84. The van der Waals surface area contributed by atoms with Gasteiger partial charge in [-0.05, 0) is 66.9 Å². The number of nitrogens with zero attached hydrogens (tertiary/aromatic N) is 3. The van der Waals surface area contributed by atoms with Crippen LogP contribution in [0.2, 0.25) is 0 Å². The minimum Gasteiger partial charge on any atom is -0.494 e. The van der Waals surface area contributed by atoms with E-state index >= 15 is 0 Å². The van der Waals surface area contributed by atoms with E-state index in [1.54, 1.807) is 22.9 Å². The van der Waals surface area contributed by atoms with Crippen LogP contribution in [-0.4, -0.2) is 34.0 Å². The number of hydrogen-bond acceptors (Lipinski definition) is 6. The van der Waals surface area contributed by atoms with Gasteiger partial charge in [0, 0.05) is 0 Å². The highest BCUT2D eigenvalue weighted by Crippen LogP contribution is 2.23. The van der Waals surface area contributed by atoms with Gasteiger partial charge in [-0.15, -0.1) is 0 Å². The summed E-state index contributed by atoms with van der Waals surface area (Å²) in [5, 5.41) is 5.02. The summed E-state index contributed by atoms with van der Waals surface area (Å²) in [7, 11) is 0. The van der Waals surface area contributed by atoms with Gasteiger partial charge in [-0.25, -0.2) is 10.4 Å². The molecule has 0 atom stereocenters. The zero-order valence-electron chi connectivity index (χ0n) is 19.6. The summed E-state index contributed by atoms with van der Waals surface area (Å²) in [6, 6.07) is 22.3. The molecule has 4 aromatic rings. The zero-order chi connectivity index (χ0) is 24.6. The lowest BCUT2D eigenvalue weighted by Gasteiger charge is -2.14. The minimum atomic E-state index is -0.298. The molecule has 1 heterocycles. The van der Waals surface area contributed by atoms with Gasteiger partial charge in [0.2, 0.25) is 0 Å². The van der Waals surface area contributed by atoms with E-state index in [9.17, 15) is 9.59 Å². The van der Waals surface area contributed by atoms with Crippen molar-refractivity contribution in [2.75, 3.05) is 12.4 Å². The Kier molecular flexibility index (Phi) is 7.95. The van der Waals surface area contributed by atoms with Gasteiger partial charge >= 0.3 is 0 Å². The Bertz CT molecular complexity index is 1410. The number of ether oxygens (including phenoxy) is 1. The van der Waals surface area contributed by atoms with Crippen molar-refractivity contribution in [3.63, 3.8) is 0 Å². The van der Waals surface area contributed by atoms with E-state index in [1.807, 2.05) is 67.6 Å². The molecule has 0 aliphatic carbocycles. The van der Waals surface area contributed by atoms with E-state index in [-0.39, 0.29) is 17.2 Å². The van der Waals surface area contributed by atoms with Gasteiger partial charge in [-0.2, -0.15) is 5.10 Å². The van der Waals surface area contributed by atoms with Gasteiger partial charge in [-0.3, -0.25) is 14.2 Å². The Balaban J connectivity index is 1.48. The van der Waals surface area contributed by atoms with Crippen molar-refractivity contribution < 1.29 is 9.53 Å². The van der Waals surface area contributed by atoms with E-state index in [4.69, 9.17) is 4.74 Å². The van der Waals surface area contributed by atoms with Crippen LogP contribution < -0.4 is 15.7 Å². The highest BCUT2D eigenvalue weighted by molar-refractivity contribution is 7.99. The summed E-state index contributed by atoms with van der Waals surface area (Å²) in [6.07, 6.45) is 2.52. The first-order chi connectivity index (χ1) is 17.1. The van der Waals surface area contributed by atoms with Crippen molar-refractivity contribution in [3.05, 3.63) is 94.3 Å². The summed E-state index contributed by atoms with van der Waals surface area (Å²) in [6.45, 7) is 4.67. The summed E-state index contributed by atoms with van der Waals surface area (Å²) in [5.41, 5.74) is 5.48. The first-order valence-corrected chi connectivity index (χ1v) is 12.3. The molecule has 1 aromatic heterocycles. The van der Waals surface area contributed by atoms with Crippen LogP contribution in [0, 0.1) is 6.92 Å². The number of nitrogens with one attached hydrogen (secondary N) is 1. The topological polar surface area (TPSA) is 85.6 Å². The third-order valence-electron chi connectivity index (χ3n) is 5.19. The average molecular weight is 487 g/mol. The molecule has 0 spiro atoms. The number of aromatic nitrogens is 2. The standard InChI is InChI=1S/C27H26N4O3S/c1-3-16-34-21-14-12-20(13-15-21)17-28-30-25(32)18-35-27-29-23-10-6-5-9-22(23)26(33)31(27)24-11-7-4-8-19(24)2/h4-15,17H,3,16,18H2,1-2H3,(H,30,32)/b28-17+. The van der Waals surface area contributed by atoms with E-state index in [0.29, 0.717) is 22.7 Å². The highest BCUT2D eigenvalue weighted by atomic mass is 32.2. The zero-order valence-corrected chi connectivity index (χ0v) is 20.4. The molecular formula is C27H26N4O3S. The normalized spacial score (nSPS) is 11.1. The number of fused-ring (bicyclic) bond motifs is 1. The maximum Gasteiger partial charge on any atom is 0.266 e. The number of rotatable bonds is 9. The molecule has 0 fully saturated rings. The first-order valence-electron chi connectivity index (χ1n) is 11.3. The van der Waals surface area contributed by atoms with Crippen molar-refractivity contribution >= 4 is 34.8 Å². The number of carbonyl (C=O) groups is 1. The number of carbonyl (C=O) groups excluding carboxylic acids is 1. The van der Waals surface area contributed by atoms with Crippen LogP contribution in [0.3, 0.4) is 0 Å². The molecule has 4 rings (SSSR count). The van der Waals surface area contributed by atoms with Crippen molar-refractivity contribution in [2.24, 2.45) is 5.10 Å². The molecule has 1 amide bonds. The molecule has 0 saturated heterocycles. The van der Waals surface area contributed by atoms with Crippen molar-refractivity contribution in [1.82, 2.24) is 15.0 Å². The van der Waals surface area contributed by atoms with Crippen LogP contribution in [0.1, 0.15) is 24.5 Å². The SMILES string of the molecule is CCCOc1ccc(/C=N/NC(=O)CSc2nc3ccccc3c(=O)n2-c2ccccc2C)cc1. The number of para-hydroxylation sites is 2. The third kappa shape index (κ3) is 5.96. The van der Waals surface area contributed by atoms with Crippen molar-refractivity contribution in [2.45, 2.75) is 25.4 Å². The summed E-state index contributed by atoms with van der Waals surface area (Å²) < 4.78 is 7.13.